The van der Waals surface area contributed by atoms with E-state index >= 15 is 0 Å². The number of rotatable bonds is 11. The fourth-order valence-corrected chi connectivity index (χ4v) is 4.00. The van der Waals surface area contributed by atoms with E-state index in [9.17, 15) is 9.59 Å². The number of hydrogen-bond donors (Lipinski definition) is 2. The Kier molecular flexibility index (Phi) is 10.3. The van der Waals surface area contributed by atoms with Crippen LogP contribution in [0.4, 0.5) is 17.1 Å². The van der Waals surface area contributed by atoms with Crippen molar-refractivity contribution in [3.8, 4) is 0 Å². The molecule has 1 heterocycles. The molecule has 178 valence electrons. The number of carbonyl (C=O) groups excluding carboxylic acids is 2. The van der Waals surface area contributed by atoms with E-state index in [-0.39, 0.29) is 18.2 Å². The quantitative estimate of drug-likeness (QED) is 0.470. The van der Waals surface area contributed by atoms with Gasteiger partial charge >= 0.3 is 0 Å². The predicted octanol–water partition coefficient (Wildman–Crippen LogP) is 3.42. The van der Waals surface area contributed by atoms with Crippen LogP contribution in [0, 0.1) is 0 Å². The molecular weight excluding hydrogens is 463 g/mol. The van der Waals surface area contributed by atoms with E-state index in [1.165, 1.54) is 0 Å². The second-order valence-electron chi connectivity index (χ2n) is 7.77. The minimum atomic E-state index is -0.106. The molecule has 0 atom stereocenters. The third-order valence-corrected chi connectivity index (χ3v) is 5.64. The van der Waals surface area contributed by atoms with Gasteiger partial charge in [0.25, 0.3) is 0 Å². The minimum absolute atomic E-state index is 0.0622. The van der Waals surface area contributed by atoms with Gasteiger partial charge in [-0.2, -0.15) is 0 Å². The highest BCUT2D eigenvalue weighted by Gasteiger charge is 2.14. The highest BCUT2D eigenvalue weighted by atomic mass is 35.5. The number of carbonyl (C=O) groups is 2. The third-order valence-electron chi connectivity index (χ3n) is 5.30. The van der Waals surface area contributed by atoms with Crippen LogP contribution in [0.1, 0.15) is 5.56 Å². The van der Waals surface area contributed by atoms with Crippen molar-refractivity contribution >= 4 is 52.1 Å². The van der Waals surface area contributed by atoms with E-state index < -0.39 is 0 Å². The summed E-state index contributed by atoms with van der Waals surface area (Å²) in [7, 11) is 0. The Balaban J connectivity index is 1.46. The average molecular weight is 493 g/mol. The van der Waals surface area contributed by atoms with Crippen LogP contribution in [0.25, 0.3) is 0 Å². The SMILES string of the molecule is O=C(Cc1ccc(N(CCCl)CCCl)cc1)Nc1ccc(NC(=O)CN2CCOCC2)cc1. The molecule has 7 nitrogen and oxygen atoms in total. The van der Waals surface area contributed by atoms with Crippen molar-refractivity contribution in [2.45, 2.75) is 6.42 Å². The maximum absolute atomic E-state index is 12.4. The number of hydrogen-bond acceptors (Lipinski definition) is 5. The molecule has 0 aromatic heterocycles. The topological polar surface area (TPSA) is 73.9 Å². The van der Waals surface area contributed by atoms with Crippen LogP contribution in [0.2, 0.25) is 0 Å². The fourth-order valence-electron chi connectivity index (χ4n) is 3.59. The normalized spacial score (nSPS) is 14.0. The number of anilines is 3. The Bertz CT molecular complexity index is 882. The smallest absolute Gasteiger partial charge is 0.238 e. The molecule has 2 N–H and O–H groups in total. The number of benzene rings is 2. The molecule has 9 heteroatoms. The van der Waals surface area contributed by atoms with Crippen molar-refractivity contribution in [3.63, 3.8) is 0 Å². The molecule has 0 saturated carbocycles. The van der Waals surface area contributed by atoms with E-state index in [0.717, 1.165) is 37.4 Å². The van der Waals surface area contributed by atoms with Crippen molar-refractivity contribution < 1.29 is 14.3 Å². The number of nitrogens with zero attached hydrogens (tertiary/aromatic N) is 2. The standard InChI is InChI=1S/C24H30Cl2N4O3/c25-9-11-30(12-10-26)22-7-1-19(2-8-22)17-23(31)27-20-3-5-21(6-4-20)28-24(32)18-29-13-15-33-16-14-29/h1-8H,9-18H2,(H,27,31)(H,28,32). The Morgan fingerprint density at radius 3 is 1.94 bits per heavy atom. The molecule has 3 rings (SSSR count). The second-order valence-corrected chi connectivity index (χ2v) is 8.53. The van der Waals surface area contributed by atoms with Gasteiger partial charge < -0.3 is 20.3 Å². The van der Waals surface area contributed by atoms with Gasteiger partial charge in [-0.25, -0.2) is 0 Å². The third kappa shape index (κ3) is 8.51. The Morgan fingerprint density at radius 2 is 1.39 bits per heavy atom. The first-order valence-electron chi connectivity index (χ1n) is 11.0. The molecule has 1 aliphatic heterocycles. The first-order valence-corrected chi connectivity index (χ1v) is 12.1. The maximum Gasteiger partial charge on any atom is 0.238 e. The lowest BCUT2D eigenvalue weighted by Crippen LogP contribution is -2.41. The van der Waals surface area contributed by atoms with Gasteiger partial charge in [-0.1, -0.05) is 12.1 Å². The molecule has 2 aromatic rings. The fraction of sp³-hybridized carbons (Fsp3) is 0.417. The summed E-state index contributed by atoms with van der Waals surface area (Å²) in [4.78, 5) is 28.8. The highest BCUT2D eigenvalue weighted by molar-refractivity contribution is 6.18. The number of amides is 2. The van der Waals surface area contributed by atoms with Gasteiger partial charge in [-0.05, 0) is 42.0 Å². The van der Waals surface area contributed by atoms with E-state index in [1.54, 1.807) is 24.3 Å². The maximum atomic E-state index is 12.4. The summed E-state index contributed by atoms with van der Waals surface area (Å²) in [5.74, 6) is 0.882. The largest absolute Gasteiger partial charge is 0.379 e. The Hall–Kier alpha value is -2.32. The number of nitrogens with one attached hydrogen (secondary N) is 2. The number of ether oxygens (including phenoxy) is 1. The van der Waals surface area contributed by atoms with Crippen LogP contribution < -0.4 is 15.5 Å². The van der Waals surface area contributed by atoms with E-state index in [4.69, 9.17) is 27.9 Å². The summed E-state index contributed by atoms with van der Waals surface area (Å²) in [5, 5.41) is 5.78. The van der Waals surface area contributed by atoms with Crippen molar-refractivity contribution in [2.75, 3.05) is 73.2 Å². The van der Waals surface area contributed by atoms with Crippen LogP contribution in [-0.2, 0) is 20.7 Å². The zero-order valence-electron chi connectivity index (χ0n) is 18.6. The van der Waals surface area contributed by atoms with Gasteiger partial charge in [0.1, 0.15) is 0 Å². The molecule has 0 bridgehead atoms. The predicted molar refractivity (Wildman–Crippen MR) is 135 cm³/mol. The zero-order valence-corrected chi connectivity index (χ0v) is 20.1. The molecule has 1 fully saturated rings. The van der Waals surface area contributed by atoms with Crippen LogP contribution in [0.15, 0.2) is 48.5 Å². The van der Waals surface area contributed by atoms with Gasteiger partial charge in [0.15, 0.2) is 0 Å². The number of alkyl halides is 2. The summed E-state index contributed by atoms with van der Waals surface area (Å²) >= 11 is 11.7. The van der Waals surface area contributed by atoms with Gasteiger partial charge in [0.2, 0.25) is 11.8 Å². The van der Waals surface area contributed by atoms with E-state index in [2.05, 4.69) is 20.4 Å². The van der Waals surface area contributed by atoms with Crippen molar-refractivity contribution in [1.82, 2.24) is 4.90 Å². The summed E-state index contributed by atoms with van der Waals surface area (Å²) in [6.45, 7) is 4.63. The Labute approximate surface area is 205 Å². The molecule has 0 unspecified atom stereocenters. The molecule has 0 radical (unpaired) electrons. The lowest BCUT2D eigenvalue weighted by atomic mass is 10.1. The minimum Gasteiger partial charge on any atom is -0.379 e. The highest BCUT2D eigenvalue weighted by Crippen LogP contribution is 2.17. The average Bonchev–Trinajstić information content (AvgIpc) is 2.81. The van der Waals surface area contributed by atoms with Crippen molar-refractivity contribution in [3.05, 3.63) is 54.1 Å². The first kappa shape index (κ1) is 25.3. The monoisotopic (exact) mass is 492 g/mol. The zero-order chi connectivity index (χ0) is 23.5. The van der Waals surface area contributed by atoms with Gasteiger partial charge in [0, 0.05) is 55.0 Å². The first-order chi connectivity index (χ1) is 16.1. The number of halogens is 2. The summed E-state index contributed by atoms with van der Waals surface area (Å²) < 4.78 is 5.30. The molecule has 2 aromatic carbocycles. The van der Waals surface area contributed by atoms with Crippen LogP contribution in [0.5, 0.6) is 0 Å². The number of morpholine rings is 1. The summed E-state index contributed by atoms with van der Waals surface area (Å²) in [5.41, 5.74) is 3.32. The van der Waals surface area contributed by atoms with E-state index in [1.807, 2.05) is 24.3 Å². The molecule has 1 aliphatic rings. The lowest BCUT2D eigenvalue weighted by Gasteiger charge is -2.25. The Morgan fingerprint density at radius 1 is 0.848 bits per heavy atom. The summed E-state index contributed by atoms with van der Waals surface area (Å²) in [6, 6.07) is 15.0. The second kappa shape index (κ2) is 13.4. The van der Waals surface area contributed by atoms with Crippen LogP contribution in [0.3, 0.4) is 0 Å². The van der Waals surface area contributed by atoms with Gasteiger partial charge in [-0.15, -0.1) is 23.2 Å². The molecular formula is C24H30Cl2N4O3. The van der Waals surface area contributed by atoms with E-state index in [0.29, 0.717) is 42.9 Å². The van der Waals surface area contributed by atoms with Crippen LogP contribution in [-0.4, -0.2) is 74.4 Å². The molecule has 33 heavy (non-hydrogen) atoms. The van der Waals surface area contributed by atoms with Crippen LogP contribution >= 0.6 is 23.2 Å². The summed E-state index contributed by atoms with van der Waals surface area (Å²) in [6.07, 6.45) is 0.267. The molecule has 1 saturated heterocycles. The molecule has 0 spiro atoms. The lowest BCUT2D eigenvalue weighted by molar-refractivity contribution is -0.118. The molecule has 0 aliphatic carbocycles. The van der Waals surface area contributed by atoms with Crippen molar-refractivity contribution in [2.24, 2.45) is 0 Å². The van der Waals surface area contributed by atoms with Crippen molar-refractivity contribution in [1.29, 1.82) is 0 Å². The molecule has 2 amide bonds. The van der Waals surface area contributed by atoms with Gasteiger partial charge in [0.05, 0.1) is 26.2 Å². The van der Waals surface area contributed by atoms with Gasteiger partial charge in [-0.3, -0.25) is 14.5 Å².